The molecular formula is C28H30O6. The van der Waals surface area contributed by atoms with Crippen LogP contribution in [0.1, 0.15) is 16.7 Å². The zero-order valence-corrected chi connectivity index (χ0v) is 19.0. The fraction of sp³-hybridized carbons (Fsp3) is 0.321. The molecule has 1 fully saturated rings. The summed E-state index contributed by atoms with van der Waals surface area (Å²) in [6.07, 6.45) is -1.74. The maximum Gasteiger partial charge on any atom is 0.311 e. The van der Waals surface area contributed by atoms with Gasteiger partial charge < -0.3 is 24.1 Å². The van der Waals surface area contributed by atoms with E-state index in [1.165, 1.54) is 0 Å². The number of rotatable bonds is 11. The molecule has 0 bridgehead atoms. The molecule has 0 aliphatic carbocycles. The summed E-state index contributed by atoms with van der Waals surface area (Å²) >= 11 is 0. The Bertz CT molecular complexity index is 995. The van der Waals surface area contributed by atoms with Crippen molar-refractivity contribution in [2.75, 3.05) is 13.2 Å². The van der Waals surface area contributed by atoms with E-state index in [2.05, 4.69) is 0 Å². The predicted molar refractivity (Wildman–Crippen MR) is 127 cm³/mol. The SMILES string of the molecule is O=C(O)C1CO[C@H](COCc2ccccc2)[C@H](OCc2ccccc2)[C@@H]1OCc1ccccc1. The summed E-state index contributed by atoms with van der Waals surface area (Å²) in [4.78, 5) is 12.1. The Balaban J connectivity index is 1.48. The van der Waals surface area contributed by atoms with E-state index in [1.54, 1.807) is 0 Å². The van der Waals surface area contributed by atoms with Crippen molar-refractivity contribution < 1.29 is 28.8 Å². The Morgan fingerprint density at radius 2 is 1.21 bits per heavy atom. The van der Waals surface area contributed by atoms with Crippen LogP contribution in [0, 0.1) is 5.92 Å². The van der Waals surface area contributed by atoms with E-state index in [9.17, 15) is 9.90 Å². The Morgan fingerprint density at radius 3 is 1.71 bits per heavy atom. The first-order valence-electron chi connectivity index (χ1n) is 11.5. The second-order valence-electron chi connectivity index (χ2n) is 8.34. The molecule has 1 heterocycles. The number of ether oxygens (including phenoxy) is 4. The number of carbonyl (C=O) groups is 1. The highest BCUT2D eigenvalue weighted by Crippen LogP contribution is 2.28. The minimum atomic E-state index is -0.963. The van der Waals surface area contributed by atoms with Gasteiger partial charge in [0.15, 0.2) is 0 Å². The molecule has 6 heteroatoms. The number of benzene rings is 3. The summed E-state index contributed by atoms with van der Waals surface area (Å²) in [5, 5.41) is 9.87. The van der Waals surface area contributed by atoms with Gasteiger partial charge in [0.25, 0.3) is 0 Å². The van der Waals surface area contributed by atoms with Crippen molar-refractivity contribution in [3.05, 3.63) is 108 Å². The van der Waals surface area contributed by atoms with Gasteiger partial charge in [0.1, 0.15) is 24.2 Å². The summed E-state index contributed by atoms with van der Waals surface area (Å²) in [6.45, 7) is 1.36. The Hall–Kier alpha value is -3.03. The van der Waals surface area contributed by atoms with Crippen LogP contribution in [0.3, 0.4) is 0 Å². The van der Waals surface area contributed by atoms with E-state index >= 15 is 0 Å². The molecule has 34 heavy (non-hydrogen) atoms. The third-order valence-electron chi connectivity index (χ3n) is 5.86. The summed E-state index contributed by atoms with van der Waals surface area (Å²) in [7, 11) is 0. The van der Waals surface area contributed by atoms with Crippen molar-refractivity contribution in [2.45, 2.75) is 38.1 Å². The lowest BCUT2D eigenvalue weighted by Crippen LogP contribution is -2.56. The van der Waals surface area contributed by atoms with Crippen molar-refractivity contribution in [2.24, 2.45) is 5.92 Å². The number of hydrogen-bond donors (Lipinski definition) is 1. The number of carboxylic acids is 1. The minimum absolute atomic E-state index is 0.0410. The summed E-state index contributed by atoms with van der Waals surface area (Å²) < 4.78 is 24.4. The summed E-state index contributed by atoms with van der Waals surface area (Å²) in [5.74, 6) is -1.80. The van der Waals surface area contributed by atoms with Gasteiger partial charge in [0.2, 0.25) is 0 Å². The first-order valence-corrected chi connectivity index (χ1v) is 11.5. The highest BCUT2D eigenvalue weighted by molar-refractivity contribution is 5.71. The highest BCUT2D eigenvalue weighted by atomic mass is 16.6. The van der Waals surface area contributed by atoms with E-state index in [1.807, 2.05) is 91.0 Å². The first-order chi connectivity index (χ1) is 16.7. The van der Waals surface area contributed by atoms with Gasteiger partial charge in [-0.1, -0.05) is 91.0 Å². The van der Waals surface area contributed by atoms with Crippen LogP contribution < -0.4 is 0 Å². The van der Waals surface area contributed by atoms with Crippen LogP contribution in [0.4, 0.5) is 0 Å². The second kappa shape index (κ2) is 12.4. The maximum atomic E-state index is 12.1. The standard InChI is InChI=1S/C28H30O6/c29-28(30)24-19-32-25(20-31-16-21-10-4-1-5-11-21)27(34-18-23-14-8-3-9-15-23)26(24)33-17-22-12-6-2-7-13-22/h1-15,24-27H,16-20H2,(H,29,30)/t24?,25-,26-,27+/m1/s1. The van der Waals surface area contributed by atoms with Gasteiger partial charge in [-0.15, -0.1) is 0 Å². The van der Waals surface area contributed by atoms with Crippen LogP contribution in [-0.2, 0) is 43.6 Å². The molecule has 3 aromatic carbocycles. The zero-order valence-electron chi connectivity index (χ0n) is 19.0. The number of carboxylic acid groups (broad SMARTS) is 1. The van der Waals surface area contributed by atoms with Crippen molar-refractivity contribution in [1.82, 2.24) is 0 Å². The van der Waals surface area contributed by atoms with E-state index < -0.39 is 30.2 Å². The molecule has 178 valence electrons. The van der Waals surface area contributed by atoms with E-state index in [0.717, 1.165) is 16.7 Å². The largest absolute Gasteiger partial charge is 0.481 e. The topological polar surface area (TPSA) is 74.2 Å². The van der Waals surface area contributed by atoms with Gasteiger partial charge in [-0.05, 0) is 16.7 Å². The summed E-state index contributed by atoms with van der Waals surface area (Å²) in [6, 6.07) is 29.4. The molecule has 0 aromatic heterocycles. The van der Waals surface area contributed by atoms with E-state index in [4.69, 9.17) is 18.9 Å². The molecule has 3 aromatic rings. The van der Waals surface area contributed by atoms with Gasteiger partial charge in [-0.3, -0.25) is 4.79 Å². The van der Waals surface area contributed by atoms with Crippen LogP contribution in [-0.4, -0.2) is 42.6 Å². The number of hydrogen-bond acceptors (Lipinski definition) is 5. The predicted octanol–water partition coefficient (Wildman–Crippen LogP) is 4.47. The molecule has 6 nitrogen and oxygen atoms in total. The van der Waals surface area contributed by atoms with Crippen molar-refractivity contribution in [3.8, 4) is 0 Å². The molecule has 0 radical (unpaired) electrons. The molecule has 1 aliphatic rings. The molecule has 1 N–H and O–H groups in total. The third kappa shape index (κ3) is 6.74. The van der Waals surface area contributed by atoms with Crippen LogP contribution in [0.25, 0.3) is 0 Å². The highest BCUT2D eigenvalue weighted by Gasteiger charge is 2.45. The minimum Gasteiger partial charge on any atom is -0.481 e. The Kier molecular flexibility index (Phi) is 8.82. The molecule has 4 atom stereocenters. The van der Waals surface area contributed by atoms with Crippen LogP contribution in [0.2, 0.25) is 0 Å². The molecule has 1 unspecified atom stereocenters. The van der Waals surface area contributed by atoms with Gasteiger partial charge in [0.05, 0.1) is 33.0 Å². The first kappa shape index (κ1) is 24.1. The molecule has 1 saturated heterocycles. The zero-order chi connectivity index (χ0) is 23.6. The average Bonchev–Trinajstić information content (AvgIpc) is 2.88. The van der Waals surface area contributed by atoms with Gasteiger partial charge >= 0.3 is 5.97 Å². The van der Waals surface area contributed by atoms with Crippen molar-refractivity contribution in [1.29, 1.82) is 0 Å². The molecule has 1 aliphatic heterocycles. The average molecular weight is 463 g/mol. The molecule has 0 amide bonds. The maximum absolute atomic E-state index is 12.1. The smallest absolute Gasteiger partial charge is 0.311 e. The van der Waals surface area contributed by atoms with E-state index in [-0.39, 0.29) is 19.8 Å². The van der Waals surface area contributed by atoms with Gasteiger partial charge in [-0.25, -0.2) is 0 Å². The van der Waals surface area contributed by atoms with Crippen LogP contribution in [0.15, 0.2) is 91.0 Å². The quantitative estimate of drug-likeness (QED) is 0.453. The molecule has 0 saturated carbocycles. The summed E-state index contributed by atoms with van der Waals surface area (Å²) in [5.41, 5.74) is 3.02. The Labute approximate surface area is 200 Å². The monoisotopic (exact) mass is 462 g/mol. The number of aliphatic carboxylic acids is 1. The second-order valence-corrected chi connectivity index (χ2v) is 8.34. The van der Waals surface area contributed by atoms with Crippen molar-refractivity contribution >= 4 is 5.97 Å². The molecule has 0 spiro atoms. The lowest BCUT2D eigenvalue weighted by Gasteiger charge is -2.40. The van der Waals surface area contributed by atoms with E-state index in [0.29, 0.717) is 13.2 Å². The fourth-order valence-electron chi connectivity index (χ4n) is 4.03. The van der Waals surface area contributed by atoms with Crippen LogP contribution in [0.5, 0.6) is 0 Å². The molecular weight excluding hydrogens is 432 g/mol. The van der Waals surface area contributed by atoms with Crippen molar-refractivity contribution in [3.63, 3.8) is 0 Å². The molecule has 4 rings (SSSR count). The van der Waals surface area contributed by atoms with Crippen LogP contribution >= 0.6 is 0 Å². The lowest BCUT2D eigenvalue weighted by atomic mass is 9.91. The fourth-order valence-corrected chi connectivity index (χ4v) is 4.03. The lowest BCUT2D eigenvalue weighted by molar-refractivity contribution is -0.223. The third-order valence-corrected chi connectivity index (χ3v) is 5.86. The normalized spacial score (nSPS) is 22.4. The Morgan fingerprint density at radius 1 is 0.735 bits per heavy atom. The van der Waals surface area contributed by atoms with Gasteiger partial charge in [0, 0.05) is 0 Å². The van der Waals surface area contributed by atoms with Gasteiger partial charge in [-0.2, -0.15) is 0 Å².